The highest BCUT2D eigenvalue weighted by atomic mass is 19.1. The zero-order valence-corrected chi connectivity index (χ0v) is 5.39. The first-order valence-corrected chi connectivity index (χ1v) is 3.21. The molecule has 0 saturated heterocycles. The van der Waals surface area contributed by atoms with Gasteiger partial charge in [0.05, 0.1) is 5.69 Å². The first kappa shape index (κ1) is 5.70. The van der Waals surface area contributed by atoms with E-state index in [1.807, 2.05) is 0 Å². The van der Waals surface area contributed by atoms with Crippen LogP contribution in [0.3, 0.4) is 0 Å². The summed E-state index contributed by atoms with van der Waals surface area (Å²) in [5, 5.41) is 6.19. The van der Waals surface area contributed by atoms with E-state index in [4.69, 9.17) is 5.73 Å². The second kappa shape index (κ2) is 1.51. The summed E-state index contributed by atoms with van der Waals surface area (Å²) in [6.45, 7) is 0. The van der Waals surface area contributed by atoms with Crippen LogP contribution in [0.2, 0.25) is 0 Å². The van der Waals surface area contributed by atoms with E-state index in [2.05, 4.69) is 10.2 Å². The number of anilines is 1. The van der Waals surface area contributed by atoms with E-state index >= 15 is 0 Å². The number of H-pyrrole nitrogens is 1. The Morgan fingerprint density at radius 3 is 2.80 bits per heavy atom. The Labute approximate surface area is 57.4 Å². The number of hydrogen-bond acceptors (Lipinski definition) is 2. The average Bonchev–Trinajstić information content (AvgIpc) is 2.45. The van der Waals surface area contributed by atoms with E-state index in [1.165, 1.54) is 0 Å². The van der Waals surface area contributed by atoms with E-state index in [-0.39, 0.29) is 0 Å². The van der Waals surface area contributed by atoms with Crippen LogP contribution in [0.1, 0.15) is 18.5 Å². The molecule has 1 saturated carbocycles. The Morgan fingerprint density at radius 1 is 1.70 bits per heavy atom. The number of rotatable bonds is 1. The van der Waals surface area contributed by atoms with E-state index in [9.17, 15) is 4.39 Å². The molecule has 0 amide bonds. The molecule has 0 atom stereocenters. The zero-order valence-electron chi connectivity index (χ0n) is 5.39. The van der Waals surface area contributed by atoms with Gasteiger partial charge in [-0.2, -0.15) is 5.10 Å². The van der Waals surface area contributed by atoms with Crippen LogP contribution < -0.4 is 5.73 Å². The second-order valence-electron chi connectivity index (χ2n) is 2.67. The van der Waals surface area contributed by atoms with Gasteiger partial charge in [-0.3, -0.25) is 5.10 Å². The van der Waals surface area contributed by atoms with Crippen molar-refractivity contribution in [1.29, 1.82) is 0 Å². The molecule has 3 nitrogen and oxygen atoms in total. The third-order valence-corrected chi connectivity index (χ3v) is 1.77. The normalized spacial score (nSPS) is 20.9. The van der Waals surface area contributed by atoms with Gasteiger partial charge in [0.2, 0.25) is 0 Å². The number of nitrogens with one attached hydrogen (secondary N) is 1. The number of nitrogen functional groups attached to an aromatic ring is 1. The topological polar surface area (TPSA) is 54.7 Å². The summed E-state index contributed by atoms with van der Waals surface area (Å²) in [6, 6.07) is 1.55. The van der Waals surface area contributed by atoms with E-state index in [1.54, 1.807) is 6.07 Å². The highest BCUT2D eigenvalue weighted by molar-refractivity contribution is 5.33. The molecule has 3 N–H and O–H groups in total. The van der Waals surface area contributed by atoms with Gasteiger partial charge in [0.1, 0.15) is 5.82 Å². The summed E-state index contributed by atoms with van der Waals surface area (Å²) < 4.78 is 13.1. The van der Waals surface area contributed by atoms with Crippen molar-refractivity contribution in [3.8, 4) is 0 Å². The maximum absolute atomic E-state index is 13.1. The van der Waals surface area contributed by atoms with Crippen molar-refractivity contribution in [3.63, 3.8) is 0 Å². The van der Waals surface area contributed by atoms with Gasteiger partial charge in [0, 0.05) is 6.07 Å². The van der Waals surface area contributed by atoms with E-state index < -0.39 is 5.67 Å². The van der Waals surface area contributed by atoms with Gasteiger partial charge in [-0.15, -0.1) is 0 Å². The Morgan fingerprint density at radius 2 is 2.40 bits per heavy atom. The predicted octanol–water partition coefficient (Wildman–Crippen LogP) is 0.951. The first-order valence-electron chi connectivity index (χ1n) is 3.21. The third kappa shape index (κ3) is 0.683. The fourth-order valence-electron chi connectivity index (χ4n) is 0.946. The molecule has 0 spiro atoms. The zero-order chi connectivity index (χ0) is 7.19. The predicted molar refractivity (Wildman–Crippen MR) is 35.0 cm³/mol. The van der Waals surface area contributed by atoms with Gasteiger partial charge < -0.3 is 5.73 Å². The molecule has 1 aliphatic carbocycles. The number of aromatic nitrogens is 2. The van der Waals surface area contributed by atoms with Crippen LogP contribution in [0.4, 0.5) is 10.2 Å². The molecule has 1 aliphatic rings. The van der Waals surface area contributed by atoms with Crippen molar-refractivity contribution >= 4 is 5.82 Å². The lowest BCUT2D eigenvalue weighted by molar-refractivity contribution is 0.309. The van der Waals surface area contributed by atoms with Crippen molar-refractivity contribution in [2.24, 2.45) is 0 Å². The lowest BCUT2D eigenvalue weighted by atomic mass is 10.2. The Hall–Kier alpha value is -1.06. The summed E-state index contributed by atoms with van der Waals surface area (Å²) in [5.74, 6) is 0.360. The standard InChI is InChI=1S/C6H8FN3/c7-6(1-2-6)4-3-5(8)10-9-4/h3H,1-2H2,(H3,8,9,10). The second-order valence-corrected chi connectivity index (χ2v) is 2.67. The number of nitrogens with two attached hydrogens (primary N) is 1. The molecular weight excluding hydrogens is 133 g/mol. The Balaban J connectivity index is 2.34. The van der Waals surface area contributed by atoms with Crippen LogP contribution >= 0.6 is 0 Å². The minimum Gasteiger partial charge on any atom is -0.382 e. The van der Waals surface area contributed by atoms with Gasteiger partial charge in [-0.25, -0.2) is 4.39 Å². The van der Waals surface area contributed by atoms with Crippen molar-refractivity contribution in [2.45, 2.75) is 18.5 Å². The maximum atomic E-state index is 13.1. The number of aromatic amines is 1. The van der Waals surface area contributed by atoms with E-state index in [0.717, 1.165) is 0 Å². The molecule has 0 aromatic carbocycles. The molecule has 1 aromatic rings. The van der Waals surface area contributed by atoms with Crippen LogP contribution in [0.25, 0.3) is 0 Å². The molecule has 4 heteroatoms. The number of halogens is 1. The summed E-state index contributed by atoms with van der Waals surface area (Å²) in [7, 11) is 0. The van der Waals surface area contributed by atoms with Crippen molar-refractivity contribution < 1.29 is 4.39 Å². The fraction of sp³-hybridized carbons (Fsp3) is 0.500. The molecule has 54 valence electrons. The molecule has 0 unspecified atom stereocenters. The summed E-state index contributed by atoms with van der Waals surface area (Å²) in [6.07, 6.45) is 1.18. The van der Waals surface area contributed by atoms with Crippen molar-refractivity contribution in [3.05, 3.63) is 11.8 Å². The molecule has 0 bridgehead atoms. The van der Waals surface area contributed by atoms with Gasteiger partial charge >= 0.3 is 0 Å². The van der Waals surface area contributed by atoms with Gasteiger partial charge in [-0.1, -0.05) is 0 Å². The smallest absolute Gasteiger partial charge is 0.152 e. The number of alkyl halides is 1. The molecule has 1 aromatic heterocycles. The fourth-order valence-corrected chi connectivity index (χ4v) is 0.946. The highest BCUT2D eigenvalue weighted by Gasteiger charge is 2.46. The summed E-state index contributed by atoms with van der Waals surface area (Å²) in [4.78, 5) is 0. The number of hydrogen-bond donors (Lipinski definition) is 2. The number of nitrogens with zero attached hydrogens (tertiary/aromatic N) is 1. The minimum absolute atomic E-state index is 0.360. The van der Waals surface area contributed by atoms with Gasteiger partial charge in [0.25, 0.3) is 0 Å². The van der Waals surface area contributed by atoms with Crippen LogP contribution in [0, 0.1) is 0 Å². The quantitative estimate of drug-likeness (QED) is 0.611. The molecule has 0 radical (unpaired) electrons. The minimum atomic E-state index is -1.13. The first-order chi connectivity index (χ1) is 4.71. The van der Waals surface area contributed by atoms with Gasteiger partial charge in [-0.05, 0) is 12.8 Å². The van der Waals surface area contributed by atoms with Crippen LogP contribution in [0.5, 0.6) is 0 Å². The van der Waals surface area contributed by atoms with Crippen LogP contribution in [-0.2, 0) is 5.67 Å². The molecule has 1 fully saturated rings. The summed E-state index contributed by atoms with van der Waals surface area (Å²) in [5.41, 5.74) is 4.68. The Bertz CT molecular complexity index is 251. The van der Waals surface area contributed by atoms with E-state index in [0.29, 0.717) is 24.4 Å². The van der Waals surface area contributed by atoms with Crippen LogP contribution in [-0.4, -0.2) is 10.2 Å². The lowest BCUT2D eigenvalue weighted by Crippen LogP contribution is -1.96. The Kier molecular flexibility index (Phi) is 0.859. The van der Waals surface area contributed by atoms with Gasteiger partial charge in [0.15, 0.2) is 5.67 Å². The third-order valence-electron chi connectivity index (χ3n) is 1.77. The SMILES string of the molecule is Nc1cc(C2(F)CC2)[nH]n1. The molecular formula is C6H8FN3. The van der Waals surface area contributed by atoms with Crippen molar-refractivity contribution in [1.82, 2.24) is 10.2 Å². The maximum Gasteiger partial charge on any atom is 0.152 e. The summed E-state index contributed by atoms with van der Waals surface area (Å²) >= 11 is 0. The highest BCUT2D eigenvalue weighted by Crippen LogP contribution is 2.48. The monoisotopic (exact) mass is 141 g/mol. The molecule has 10 heavy (non-hydrogen) atoms. The molecule has 1 heterocycles. The molecule has 0 aliphatic heterocycles. The average molecular weight is 141 g/mol. The van der Waals surface area contributed by atoms with Crippen LogP contribution in [0.15, 0.2) is 6.07 Å². The largest absolute Gasteiger partial charge is 0.382 e. The molecule has 2 rings (SSSR count). The lowest BCUT2D eigenvalue weighted by Gasteiger charge is -1.96. The van der Waals surface area contributed by atoms with Crippen molar-refractivity contribution in [2.75, 3.05) is 5.73 Å².